The van der Waals surface area contributed by atoms with Gasteiger partial charge in [0, 0.05) is 26.2 Å². The summed E-state index contributed by atoms with van der Waals surface area (Å²) in [6, 6.07) is 15.9. The summed E-state index contributed by atoms with van der Waals surface area (Å²) >= 11 is 0. The van der Waals surface area contributed by atoms with Gasteiger partial charge in [-0.25, -0.2) is 13.4 Å². The lowest BCUT2D eigenvalue weighted by Gasteiger charge is -2.25. The lowest BCUT2D eigenvalue weighted by atomic mass is 10.2. The first-order chi connectivity index (χ1) is 15.0. The zero-order valence-corrected chi connectivity index (χ0v) is 19.3. The summed E-state index contributed by atoms with van der Waals surface area (Å²) in [5.41, 5.74) is 3.02. The van der Waals surface area contributed by atoms with Crippen LogP contribution in [0.2, 0.25) is 0 Å². The third-order valence-electron chi connectivity index (χ3n) is 6.13. The summed E-state index contributed by atoms with van der Waals surface area (Å²) in [6.45, 7) is 8.78. The molecule has 0 radical (unpaired) electrons. The van der Waals surface area contributed by atoms with Crippen LogP contribution in [0.5, 0.6) is 0 Å². The number of fused-ring (bicyclic) bond motifs is 1. The highest BCUT2D eigenvalue weighted by atomic mass is 32.2. The molecule has 0 spiro atoms. The third-order valence-corrected chi connectivity index (χ3v) is 8.02. The van der Waals surface area contributed by atoms with E-state index in [1.165, 1.54) is 5.56 Å². The van der Waals surface area contributed by atoms with Gasteiger partial charge in [-0.05, 0) is 50.1 Å². The van der Waals surface area contributed by atoms with Gasteiger partial charge in [0.1, 0.15) is 5.82 Å². The second-order valence-electron chi connectivity index (χ2n) is 8.18. The highest BCUT2D eigenvalue weighted by molar-refractivity contribution is 7.89. The molecule has 31 heavy (non-hydrogen) atoms. The maximum atomic E-state index is 13.1. The van der Waals surface area contributed by atoms with Crippen molar-refractivity contribution in [3.8, 4) is 0 Å². The number of hydrogen-bond acceptors (Lipinski definition) is 4. The molecule has 0 saturated carbocycles. The molecule has 3 aromatic rings. The van der Waals surface area contributed by atoms with E-state index >= 15 is 0 Å². The van der Waals surface area contributed by atoms with Crippen LogP contribution in [-0.2, 0) is 29.7 Å². The third kappa shape index (κ3) is 4.68. The monoisotopic (exact) mass is 440 g/mol. The molecular formula is C24H32N4O2S. The van der Waals surface area contributed by atoms with E-state index < -0.39 is 10.0 Å². The van der Waals surface area contributed by atoms with E-state index in [0.29, 0.717) is 18.0 Å². The molecule has 0 aliphatic carbocycles. The molecule has 0 bridgehead atoms. The van der Waals surface area contributed by atoms with Crippen molar-refractivity contribution in [3.63, 3.8) is 0 Å². The summed E-state index contributed by atoms with van der Waals surface area (Å²) in [7, 11) is -3.46. The highest BCUT2D eigenvalue weighted by Crippen LogP contribution is 2.25. The Hall–Kier alpha value is -2.22. The number of piperidine rings is 1. The number of sulfonamides is 1. The molecule has 1 aliphatic rings. The van der Waals surface area contributed by atoms with Crippen LogP contribution in [0.3, 0.4) is 0 Å². The van der Waals surface area contributed by atoms with Gasteiger partial charge in [-0.1, -0.05) is 43.7 Å². The van der Waals surface area contributed by atoms with Gasteiger partial charge >= 0.3 is 0 Å². The van der Waals surface area contributed by atoms with Gasteiger partial charge in [-0.15, -0.1) is 0 Å². The minimum Gasteiger partial charge on any atom is -0.327 e. The van der Waals surface area contributed by atoms with Gasteiger partial charge in [0.15, 0.2) is 0 Å². The second kappa shape index (κ2) is 9.51. The molecule has 166 valence electrons. The summed E-state index contributed by atoms with van der Waals surface area (Å²) in [5.74, 6) is 0.975. The van der Waals surface area contributed by atoms with Crippen molar-refractivity contribution in [1.29, 1.82) is 0 Å². The standard InChI is InChI=1S/C24H32N4O2S/c1-3-26(18-20-11-7-5-8-12-20)19-24-25-22-17-21(13-14-23(22)28(24)4-2)31(29,30)27-15-9-6-10-16-27/h5,7-8,11-14,17H,3-4,6,9-10,15-16,18-19H2,1-2H3. The minimum atomic E-state index is -3.46. The van der Waals surface area contributed by atoms with Crippen LogP contribution in [0.4, 0.5) is 0 Å². The van der Waals surface area contributed by atoms with Gasteiger partial charge in [-0.2, -0.15) is 4.31 Å². The Morgan fingerprint density at radius 3 is 2.39 bits per heavy atom. The van der Waals surface area contributed by atoms with Crippen molar-refractivity contribution in [3.05, 3.63) is 59.9 Å². The van der Waals surface area contributed by atoms with E-state index in [-0.39, 0.29) is 0 Å². The normalized spacial score (nSPS) is 15.7. The van der Waals surface area contributed by atoms with E-state index in [2.05, 4.69) is 47.6 Å². The van der Waals surface area contributed by atoms with Crippen LogP contribution in [0.1, 0.15) is 44.5 Å². The minimum absolute atomic E-state index is 0.353. The molecule has 4 rings (SSSR count). The van der Waals surface area contributed by atoms with Crippen molar-refractivity contribution in [2.24, 2.45) is 0 Å². The number of rotatable bonds is 8. The van der Waals surface area contributed by atoms with E-state index in [1.807, 2.05) is 12.1 Å². The molecule has 7 heteroatoms. The van der Waals surface area contributed by atoms with Crippen molar-refractivity contribution in [2.45, 2.75) is 57.6 Å². The Morgan fingerprint density at radius 1 is 0.968 bits per heavy atom. The van der Waals surface area contributed by atoms with Crippen molar-refractivity contribution in [2.75, 3.05) is 19.6 Å². The number of imidazole rings is 1. The topological polar surface area (TPSA) is 58.4 Å². The predicted octanol–water partition coefficient (Wildman–Crippen LogP) is 4.25. The molecule has 0 atom stereocenters. The number of nitrogens with zero attached hydrogens (tertiary/aromatic N) is 4. The lowest BCUT2D eigenvalue weighted by molar-refractivity contribution is 0.261. The fourth-order valence-electron chi connectivity index (χ4n) is 4.37. The smallest absolute Gasteiger partial charge is 0.243 e. The van der Waals surface area contributed by atoms with E-state index in [1.54, 1.807) is 16.4 Å². The molecule has 2 aromatic carbocycles. The van der Waals surface area contributed by atoms with Crippen LogP contribution >= 0.6 is 0 Å². The summed E-state index contributed by atoms with van der Waals surface area (Å²) in [4.78, 5) is 7.58. The molecule has 6 nitrogen and oxygen atoms in total. The number of aryl methyl sites for hydroxylation is 1. The Kier molecular flexibility index (Phi) is 6.74. The Labute approximate surface area is 185 Å². The first kappa shape index (κ1) is 22.0. The molecule has 1 aliphatic heterocycles. The Balaban J connectivity index is 1.62. The maximum Gasteiger partial charge on any atom is 0.243 e. The predicted molar refractivity (Wildman–Crippen MR) is 124 cm³/mol. The summed E-state index contributed by atoms with van der Waals surface area (Å²) in [6.07, 6.45) is 2.97. The quantitative estimate of drug-likeness (QED) is 0.525. The average molecular weight is 441 g/mol. The van der Waals surface area contributed by atoms with Gasteiger partial charge in [-0.3, -0.25) is 4.90 Å². The fraction of sp³-hybridized carbons (Fsp3) is 0.458. The number of aromatic nitrogens is 2. The van der Waals surface area contributed by atoms with E-state index in [9.17, 15) is 8.42 Å². The van der Waals surface area contributed by atoms with Crippen LogP contribution in [-0.4, -0.2) is 46.8 Å². The van der Waals surface area contributed by atoms with Gasteiger partial charge in [0.05, 0.1) is 22.5 Å². The summed E-state index contributed by atoms with van der Waals surface area (Å²) in [5, 5.41) is 0. The van der Waals surface area contributed by atoms with Gasteiger partial charge in [0.25, 0.3) is 0 Å². The van der Waals surface area contributed by atoms with Gasteiger partial charge < -0.3 is 4.57 Å². The van der Waals surface area contributed by atoms with Crippen LogP contribution in [0.25, 0.3) is 11.0 Å². The molecule has 1 aromatic heterocycles. The zero-order valence-electron chi connectivity index (χ0n) is 18.5. The average Bonchev–Trinajstić information content (AvgIpc) is 3.16. The first-order valence-corrected chi connectivity index (χ1v) is 12.7. The van der Waals surface area contributed by atoms with Crippen LogP contribution in [0, 0.1) is 0 Å². The first-order valence-electron chi connectivity index (χ1n) is 11.3. The number of benzene rings is 2. The van der Waals surface area contributed by atoms with E-state index in [4.69, 9.17) is 4.98 Å². The Morgan fingerprint density at radius 2 is 1.71 bits per heavy atom. The van der Waals surface area contributed by atoms with Crippen LogP contribution in [0.15, 0.2) is 53.4 Å². The van der Waals surface area contributed by atoms with Crippen LogP contribution < -0.4 is 0 Å². The molecule has 0 N–H and O–H groups in total. The Bertz CT molecular complexity index is 1120. The highest BCUT2D eigenvalue weighted by Gasteiger charge is 2.26. The largest absolute Gasteiger partial charge is 0.327 e. The van der Waals surface area contributed by atoms with Crippen molar-refractivity contribution in [1.82, 2.24) is 18.8 Å². The summed E-state index contributed by atoms with van der Waals surface area (Å²) < 4.78 is 30.0. The molecule has 2 heterocycles. The molecule has 1 fully saturated rings. The van der Waals surface area contributed by atoms with Crippen molar-refractivity contribution < 1.29 is 8.42 Å². The molecule has 1 saturated heterocycles. The molecule has 0 unspecified atom stereocenters. The maximum absolute atomic E-state index is 13.1. The fourth-order valence-corrected chi connectivity index (χ4v) is 5.91. The number of hydrogen-bond donors (Lipinski definition) is 0. The molecular weight excluding hydrogens is 408 g/mol. The lowest BCUT2D eigenvalue weighted by Crippen LogP contribution is -2.35. The van der Waals surface area contributed by atoms with Gasteiger partial charge in [0.2, 0.25) is 10.0 Å². The second-order valence-corrected chi connectivity index (χ2v) is 10.1. The molecule has 0 amide bonds. The van der Waals surface area contributed by atoms with E-state index in [0.717, 1.165) is 62.3 Å². The van der Waals surface area contributed by atoms with Crippen molar-refractivity contribution >= 4 is 21.1 Å². The zero-order chi connectivity index (χ0) is 21.8. The SMILES string of the molecule is CCN(Cc1ccccc1)Cc1nc2cc(S(=O)(=O)N3CCCCC3)ccc2n1CC.